The third-order valence-electron chi connectivity index (χ3n) is 4.88. The molecule has 3 heterocycles. The molecule has 5 nitrogen and oxygen atoms in total. The van der Waals surface area contributed by atoms with Crippen LogP contribution in [0.4, 0.5) is 0 Å². The van der Waals surface area contributed by atoms with Crippen LogP contribution in [0.15, 0.2) is 24.5 Å². The molecule has 21 heavy (non-hydrogen) atoms. The Morgan fingerprint density at radius 2 is 2.14 bits per heavy atom. The molecule has 2 fully saturated rings. The van der Waals surface area contributed by atoms with Gasteiger partial charge in [-0.05, 0) is 43.9 Å². The Balaban J connectivity index is 1.74. The van der Waals surface area contributed by atoms with Crippen LogP contribution in [0.1, 0.15) is 31.2 Å². The van der Waals surface area contributed by atoms with Crippen molar-refractivity contribution in [2.24, 2.45) is 0 Å². The first-order chi connectivity index (χ1) is 10.2. The van der Waals surface area contributed by atoms with Crippen molar-refractivity contribution in [3.8, 4) is 0 Å². The maximum atomic E-state index is 11.8. The molecule has 0 saturated carbocycles. The molecule has 1 spiro atoms. The lowest BCUT2D eigenvalue weighted by atomic mass is 9.86. The molecule has 1 amide bonds. The molecule has 1 atom stereocenters. The van der Waals surface area contributed by atoms with E-state index in [0.717, 1.165) is 45.4 Å². The number of hydrogen-bond acceptors (Lipinski definition) is 4. The Hall–Kier alpha value is -1.46. The van der Waals surface area contributed by atoms with Gasteiger partial charge in [-0.3, -0.25) is 14.7 Å². The summed E-state index contributed by atoms with van der Waals surface area (Å²) in [6, 6.07) is 4.08. The molecule has 0 aromatic carbocycles. The van der Waals surface area contributed by atoms with Crippen LogP contribution < -0.4 is 0 Å². The first kappa shape index (κ1) is 14.5. The van der Waals surface area contributed by atoms with E-state index in [2.05, 4.69) is 16.0 Å². The van der Waals surface area contributed by atoms with Crippen LogP contribution >= 0.6 is 0 Å². The van der Waals surface area contributed by atoms with Crippen molar-refractivity contribution in [2.45, 2.75) is 37.8 Å². The zero-order valence-corrected chi connectivity index (χ0v) is 12.4. The van der Waals surface area contributed by atoms with Crippen LogP contribution in [0.5, 0.6) is 0 Å². The summed E-state index contributed by atoms with van der Waals surface area (Å²) in [4.78, 5) is 20.4. The van der Waals surface area contributed by atoms with Crippen LogP contribution in [-0.4, -0.2) is 57.6 Å². The number of pyridine rings is 1. The number of aliphatic hydroxyl groups excluding tert-OH is 1. The second kappa shape index (κ2) is 6.12. The average Bonchev–Trinajstić information content (AvgIpc) is 2.89. The lowest BCUT2D eigenvalue weighted by molar-refractivity contribution is -0.138. The van der Waals surface area contributed by atoms with Crippen molar-refractivity contribution in [2.75, 3.05) is 26.2 Å². The van der Waals surface area contributed by atoms with Gasteiger partial charge in [-0.1, -0.05) is 6.07 Å². The molecule has 5 heteroatoms. The molecule has 0 bridgehead atoms. The topological polar surface area (TPSA) is 56.7 Å². The summed E-state index contributed by atoms with van der Waals surface area (Å²) in [5.41, 5.74) is 1.32. The summed E-state index contributed by atoms with van der Waals surface area (Å²) >= 11 is 0. The molecule has 2 saturated heterocycles. The van der Waals surface area contributed by atoms with Crippen LogP contribution in [0.25, 0.3) is 0 Å². The van der Waals surface area contributed by atoms with E-state index in [1.54, 1.807) is 6.20 Å². The number of amides is 1. The van der Waals surface area contributed by atoms with E-state index in [1.165, 1.54) is 12.0 Å². The number of carbonyl (C=O) groups excluding carboxylic acids is 1. The highest BCUT2D eigenvalue weighted by Gasteiger charge is 2.44. The fourth-order valence-electron chi connectivity index (χ4n) is 3.84. The SMILES string of the molecule is O=C(CO)N1CCCC2(CCCN2Cc2cccnc2)C1. The number of rotatable bonds is 3. The zero-order valence-electron chi connectivity index (χ0n) is 12.4. The summed E-state index contributed by atoms with van der Waals surface area (Å²) in [6.07, 6.45) is 8.21. The van der Waals surface area contributed by atoms with E-state index in [0.29, 0.717) is 0 Å². The predicted octanol–water partition coefficient (Wildman–Crippen LogP) is 1.03. The number of aliphatic hydroxyl groups is 1. The Bertz CT molecular complexity index is 494. The lowest BCUT2D eigenvalue weighted by Gasteiger charge is -2.46. The molecule has 3 rings (SSSR count). The van der Waals surface area contributed by atoms with Crippen molar-refractivity contribution in [1.82, 2.24) is 14.8 Å². The smallest absolute Gasteiger partial charge is 0.248 e. The van der Waals surface area contributed by atoms with Crippen LogP contribution in [-0.2, 0) is 11.3 Å². The van der Waals surface area contributed by atoms with Crippen molar-refractivity contribution in [3.05, 3.63) is 30.1 Å². The van der Waals surface area contributed by atoms with Crippen LogP contribution in [0.2, 0.25) is 0 Å². The summed E-state index contributed by atoms with van der Waals surface area (Å²) in [5, 5.41) is 9.11. The highest BCUT2D eigenvalue weighted by molar-refractivity contribution is 5.77. The molecule has 1 unspecified atom stereocenters. The molecular formula is C16H23N3O2. The van der Waals surface area contributed by atoms with Gasteiger partial charge in [0.15, 0.2) is 0 Å². The normalized spacial score (nSPS) is 26.4. The number of aromatic nitrogens is 1. The lowest BCUT2D eigenvalue weighted by Crippen LogP contribution is -2.57. The molecule has 0 radical (unpaired) electrons. The standard InChI is InChI=1S/C16H23N3O2/c20-12-15(21)18-8-2-5-16(13-18)6-3-9-19(16)11-14-4-1-7-17-10-14/h1,4,7,10,20H,2-3,5-6,8-9,11-13H2. The molecule has 114 valence electrons. The largest absolute Gasteiger partial charge is 0.387 e. The van der Waals surface area contributed by atoms with Gasteiger partial charge in [-0.2, -0.15) is 0 Å². The predicted molar refractivity (Wildman–Crippen MR) is 79.5 cm³/mol. The molecule has 1 aromatic heterocycles. The van der Waals surface area contributed by atoms with Gasteiger partial charge in [0.05, 0.1) is 0 Å². The van der Waals surface area contributed by atoms with Gasteiger partial charge in [0.2, 0.25) is 5.91 Å². The van der Waals surface area contributed by atoms with Gasteiger partial charge in [0.25, 0.3) is 0 Å². The number of carbonyl (C=O) groups is 1. The fraction of sp³-hybridized carbons (Fsp3) is 0.625. The van der Waals surface area contributed by atoms with E-state index < -0.39 is 0 Å². The third kappa shape index (κ3) is 2.94. The first-order valence-corrected chi connectivity index (χ1v) is 7.76. The van der Waals surface area contributed by atoms with Gasteiger partial charge < -0.3 is 10.0 Å². The molecule has 0 aliphatic carbocycles. The van der Waals surface area contributed by atoms with Gasteiger partial charge in [0, 0.05) is 37.6 Å². The second-order valence-electron chi connectivity index (χ2n) is 6.19. The van der Waals surface area contributed by atoms with Crippen molar-refractivity contribution < 1.29 is 9.90 Å². The van der Waals surface area contributed by atoms with Crippen LogP contribution in [0, 0.1) is 0 Å². The minimum Gasteiger partial charge on any atom is -0.387 e. The van der Waals surface area contributed by atoms with Crippen molar-refractivity contribution in [1.29, 1.82) is 0 Å². The summed E-state index contributed by atoms with van der Waals surface area (Å²) in [6.45, 7) is 3.14. The number of nitrogens with zero attached hydrogens (tertiary/aromatic N) is 3. The van der Waals surface area contributed by atoms with E-state index in [-0.39, 0.29) is 18.1 Å². The highest BCUT2D eigenvalue weighted by atomic mass is 16.3. The van der Waals surface area contributed by atoms with E-state index in [4.69, 9.17) is 5.11 Å². The number of hydrogen-bond donors (Lipinski definition) is 1. The minimum atomic E-state index is -0.376. The second-order valence-corrected chi connectivity index (χ2v) is 6.19. The van der Waals surface area contributed by atoms with Crippen LogP contribution in [0.3, 0.4) is 0 Å². The first-order valence-electron chi connectivity index (χ1n) is 7.76. The quantitative estimate of drug-likeness (QED) is 0.903. The van der Waals surface area contributed by atoms with Crippen molar-refractivity contribution in [3.63, 3.8) is 0 Å². The highest BCUT2D eigenvalue weighted by Crippen LogP contribution is 2.38. The Labute approximate surface area is 125 Å². The van der Waals surface area contributed by atoms with Gasteiger partial charge in [-0.25, -0.2) is 0 Å². The number of likely N-dealkylation sites (tertiary alicyclic amines) is 2. The third-order valence-corrected chi connectivity index (χ3v) is 4.88. The Kier molecular flexibility index (Phi) is 4.22. The summed E-state index contributed by atoms with van der Waals surface area (Å²) < 4.78 is 0. The fourth-order valence-corrected chi connectivity index (χ4v) is 3.84. The zero-order chi connectivity index (χ0) is 14.7. The Morgan fingerprint density at radius 3 is 2.86 bits per heavy atom. The molecule has 2 aliphatic heterocycles. The van der Waals surface area contributed by atoms with Gasteiger partial charge in [0.1, 0.15) is 6.61 Å². The summed E-state index contributed by atoms with van der Waals surface area (Å²) in [5.74, 6) is -0.137. The van der Waals surface area contributed by atoms with E-state index in [1.807, 2.05) is 17.2 Å². The van der Waals surface area contributed by atoms with Gasteiger partial charge in [-0.15, -0.1) is 0 Å². The van der Waals surface area contributed by atoms with E-state index in [9.17, 15) is 4.79 Å². The van der Waals surface area contributed by atoms with Gasteiger partial charge >= 0.3 is 0 Å². The molecular weight excluding hydrogens is 266 g/mol. The maximum absolute atomic E-state index is 11.8. The Morgan fingerprint density at radius 1 is 1.33 bits per heavy atom. The van der Waals surface area contributed by atoms with E-state index >= 15 is 0 Å². The minimum absolute atomic E-state index is 0.0962. The monoisotopic (exact) mass is 289 g/mol. The summed E-state index contributed by atoms with van der Waals surface area (Å²) in [7, 11) is 0. The average molecular weight is 289 g/mol. The molecule has 1 aromatic rings. The number of piperidine rings is 1. The molecule has 1 N–H and O–H groups in total. The maximum Gasteiger partial charge on any atom is 0.248 e. The molecule has 2 aliphatic rings. The van der Waals surface area contributed by atoms with Crippen molar-refractivity contribution >= 4 is 5.91 Å².